The number of hydrogen-bond donors (Lipinski definition) is 1. The molecule has 0 unspecified atom stereocenters. The molecular formula is C16H21NO4. The molecule has 1 aromatic rings. The van der Waals surface area contributed by atoms with Crippen LogP contribution in [0.15, 0.2) is 36.4 Å². The topological polar surface area (TPSA) is 64.6 Å². The summed E-state index contributed by atoms with van der Waals surface area (Å²) in [6.07, 6.45) is 5.19. The minimum absolute atomic E-state index is 0.380. The van der Waals surface area contributed by atoms with Gasteiger partial charge in [0.05, 0.1) is 19.4 Å². The molecule has 1 amide bonds. The number of esters is 1. The zero-order chi connectivity index (χ0) is 15.5. The average molecular weight is 291 g/mol. The Morgan fingerprint density at radius 2 is 1.95 bits per heavy atom. The Labute approximate surface area is 124 Å². The van der Waals surface area contributed by atoms with Crippen molar-refractivity contribution in [2.75, 3.05) is 19.0 Å². The molecule has 0 aliphatic heterocycles. The summed E-state index contributed by atoms with van der Waals surface area (Å²) < 4.78 is 10.1. The van der Waals surface area contributed by atoms with Gasteiger partial charge >= 0.3 is 5.97 Å². The van der Waals surface area contributed by atoms with Gasteiger partial charge in [0, 0.05) is 12.2 Å². The van der Waals surface area contributed by atoms with E-state index in [4.69, 9.17) is 9.47 Å². The number of unbranched alkanes of at least 4 members (excludes halogenated alkanes) is 2. The molecule has 0 heterocycles. The van der Waals surface area contributed by atoms with Crippen LogP contribution in [-0.4, -0.2) is 25.6 Å². The van der Waals surface area contributed by atoms with Gasteiger partial charge in [-0.05, 0) is 18.6 Å². The van der Waals surface area contributed by atoms with Crippen LogP contribution in [-0.2, 0) is 14.3 Å². The number of carbonyl (C=O) groups is 2. The summed E-state index contributed by atoms with van der Waals surface area (Å²) in [7, 11) is 1.52. The number of hydrogen-bond acceptors (Lipinski definition) is 4. The van der Waals surface area contributed by atoms with Crippen molar-refractivity contribution < 1.29 is 19.1 Å². The minimum atomic E-state index is -0.513. The Hall–Kier alpha value is -2.30. The zero-order valence-electron chi connectivity index (χ0n) is 12.4. The number of benzene rings is 1. The number of ether oxygens (including phenoxy) is 2. The van der Waals surface area contributed by atoms with Gasteiger partial charge in [-0.3, -0.25) is 4.79 Å². The van der Waals surface area contributed by atoms with Gasteiger partial charge in [-0.15, -0.1) is 0 Å². The van der Waals surface area contributed by atoms with Crippen LogP contribution in [0.25, 0.3) is 0 Å². The van der Waals surface area contributed by atoms with E-state index >= 15 is 0 Å². The number of rotatable bonds is 8. The second-order valence-electron chi connectivity index (χ2n) is 4.40. The smallest absolute Gasteiger partial charge is 0.330 e. The van der Waals surface area contributed by atoms with Crippen LogP contribution in [0.3, 0.4) is 0 Å². The molecule has 0 aliphatic rings. The van der Waals surface area contributed by atoms with E-state index in [1.54, 1.807) is 24.3 Å². The van der Waals surface area contributed by atoms with Crippen molar-refractivity contribution in [1.82, 2.24) is 0 Å². The van der Waals surface area contributed by atoms with E-state index in [2.05, 4.69) is 12.2 Å². The fraction of sp³-hybridized carbons (Fsp3) is 0.375. The number of para-hydroxylation sites is 2. The standard InChI is InChI=1S/C16H21NO4/c1-3-4-7-12-21-16(19)11-10-15(18)17-13-8-5-6-9-14(13)20-2/h5-6,8-11H,3-4,7,12H2,1-2H3,(H,17,18)/b11-10+. The summed E-state index contributed by atoms with van der Waals surface area (Å²) >= 11 is 0. The summed E-state index contributed by atoms with van der Waals surface area (Å²) in [4.78, 5) is 23.1. The van der Waals surface area contributed by atoms with Crippen LogP contribution in [0.2, 0.25) is 0 Å². The first kappa shape index (κ1) is 16.8. The van der Waals surface area contributed by atoms with Crippen LogP contribution in [0, 0.1) is 0 Å². The van der Waals surface area contributed by atoms with Gasteiger partial charge in [0.1, 0.15) is 5.75 Å². The summed E-state index contributed by atoms with van der Waals surface area (Å²) in [5.74, 6) is -0.368. The minimum Gasteiger partial charge on any atom is -0.495 e. The zero-order valence-corrected chi connectivity index (χ0v) is 12.4. The predicted molar refractivity (Wildman–Crippen MR) is 81.2 cm³/mol. The number of carbonyl (C=O) groups excluding carboxylic acids is 2. The molecule has 5 nitrogen and oxygen atoms in total. The second kappa shape index (κ2) is 9.58. The first-order valence-electron chi connectivity index (χ1n) is 6.96. The van der Waals surface area contributed by atoms with Crippen molar-refractivity contribution in [2.45, 2.75) is 26.2 Å². The maximum Gasteiger partial charge on any atom is 0.330 e. The third kappa shape index (κ3) is 6.61. The number of nitrogens with one attached hydrogen (secondary N) is 1. The molecule has 1 N–H and O–H groups in total. The lowest BCUT2D eigenvalue weighted by Crippen LogP contribution is -2.10. The molecule has 0 aromatic heterocycles. The first-order valence-corrected chi connectivity index (χ1v) is 6.96. The van der Waals surface area contributed by atoms with E-state index in [9.17, 15) is 9.59 Å². The highest BCUT2D eigenvalue weighted by molar-refractivity contribution is 6.03. The van der Waals surface area contributed by atoms with Crippen LogP contribution >= 0.6 is 0 Å². The lowest BCUT2D eigenvalue weighted by atomic mass is 10.3. The van der Waals surface area contributed by atoms with Gasteiger partial charge in [0.25, 0.3) is 0 Å². The SMILES string of the molecule is CCCCCOC(=O)/C=C/C(=O)Nc1ccccc1OC. The van der Waals surface area contributed by atoms with Crippen molar-refractivity contribution >= 4 is 17.6 Å². The predicted octanol–water partition coefficient (Wildman–Crippen LogP) is 2.92. The highest BCUT2D eigenvalue weighted by Gasteiger charge is 2.05. The van der Waals surface area contributed by atoms with Crippen LogP contribution < -0.4 is 10.1 Å². The highest BCUT2D eigenvalue weighted by Crippen LogP contribution is 2.22. The highest BCUT2D eigenvalue weighted by atomic mass is 16.5. The average Bonchev–Trinajstić information content (AvgIpc) is 2.50. The van der Waals surface area contributed by atoms with E-state index in [1.165, 1.54) is 7.11 Å². The van der Waals surface area contributed by atoms with E-state index in [-0.39, 0.29) is 0 Å². The van der Waals surface area contributed by atoms with Gasteiger partial charge in [-0.2, -0.15) is 0 Å². The van der Waals surface area contributed by atoms with Crippen LogP contribution in [0.5, 0.6) is 5.75 Å². The fourth-order valence-electron chi connectivity index (χ4n) is 1.64. The molecule has 21 heavy (non-hydrogen) atoms. The third-order valence-electron chi connectivity index (χ3n) is 2.73. The number of amides is 1. The van der Waals surface area contributed by atoms with Gasteiger partial charge in [0.15, 0.2) is 0 Å². The Morgan fingerprint density at radius 1 is 1.19 bits per heavy atom. The molecule has 0 saturated carbocycles. The molecule has 0 atom stereocenters. The number of anilines is 1. The summed E-state index contributed by atoms with van der Waals surface area (Å²) in [6.45, 7) is 2.45. The molecule has 0 fully saturated rings. The van der Waals surface area contributed by atoms with Crippen LogP contribution in [0.1, 0.15) is 26.2 Å². The van der Waals surface area contributed by atoms with Crippen LogP contribution in [0.4, 0.5) is 5.69 Å². The molecule has 1 aromatic carbocycles. The van der Waals surface area contributed by atoms with E-state index in [0.29, 0.717) is 18.0 Å². The maximum absolute atomic E-state index is 11.7. The molecule has 5 heteroatoms. The molecule has 0 saturated heterocycles. The van der Waals surface area contributed by atoms with Crippen molar-refractivity contribution in [1.29, 1.82) is 0 Å². The monoisotopic (exact) mass is 291 g/mol. The molecule has 0 radical (unpaired) electrons. The first-order chi connectivity index (χ1) is 10.2. The summed E-state index contributed by atoms with van der Waals surface area (Å²) in [5.41, 5.74) is 0.547. The van der Waals surface area contributed by atoms with E-state index < -0.39 is 11.9 Å². The maximum atomic E-state index is 11.7. The summed E-state index contributed by atoms with van der Waals surface area (Å²) in [5, 5.41) is 2.63. The Bertz CT molecular complexity index is 497. The Balaban J connectivity index is 2.42. The van der Waals surface area contributed by atoms with E-state index in [0.717, 1.165) is 31.4 Å². The van der Waals surface area contributed by atoms with Crippen molar-refractivity contribution in [3.8, 4) is 5.75 Å². The lowest BCUT2D eigenvalue weighted by molar-refractivity contribution is -0.138. The quantitative estimate of drug-likeness (QED) is 0.454. The molecule has 114 valence electrons. The van der Waals surface area contributed by atoms with Crippen molar-refractivity contribution in [3.63, 3.8) is 0 Å². The van der Waals surface area contributed by atoms with Gasteiger partial charge in [0.2, 0.25) is 5.91 Å². The van der Waals surface area contributed by atoms with Crippen molar-refractivity contribution in [3.05, 3.63) is 36.4 Å². The molecule has 1 rings (SSSR count). The molecule has 0 spiro atoms. The number of methoxy groups -OCH3 is 1. The molecular weight excluding hydrogens is 270 g/mol. The second-order valence-corrected chi connectivity index (χ2v) is 4.40. The Morgan fingerprint density at radius 3 is 2.67 bits per heavy atom. The van der Waals surface area contributed by atoms with Gasteiger partial charge < -0.3 is 14.8 Å². The fourth-order valence-corrected chi connectivity index (χ4v) is 1.64. The third-order valence-corrected chi connectivity index (χ3v) is 2.73. The molecule has 0 aliphatic carbocycles. The lowest BCUT2D eigenvalue weighted by Gasteiger charge is -2.07. The van der Waals surface area contributed by atoms with Gasteiger partial charge in [-0.1, -0.05) is 31.9 Å². The van der Waals surface area contributed by atoms with E-state index in [1.807, 2.05) is 0 Å². The molecule has 0 bridgehead atoms. The summed E-state index contributed by atoms with van der Waals surface area (Å²) in [6, 6.07) is 7.04. The van der Waals surface area contributed by atoms with Crippen molar-refractivity contribution in [2.24, 2.45) is 0 Å². The van der Waals surface area contributed by atoms with Gasteiger partial charge in [-0.25, -0.2) is 4.79 Å². The normalized spacial score (nSPS) is 10.4. The Kier molecular flexibility index (Phi) is 7.64. The largest absolute Gasteiger partial charge is 0.495 e.